The van der Waals surface area contributed by atoms with Crippen molar-refractivity contribution in [3.8, 4) is 0 Å². The molecule has 0 fully saturated rings. The van der Waals surface area contributed by atoms with E-state index in [9.17, 15) is 4.79 Å². The topological polar surface area (TPSA) is 102 Å². The molecule has 2 rings (SSSR count). The molecular formula is C9H11IN6O. The molecule has 7 nitrogen and oxygen atoms in total. The van der Waals surface area contributed by atoms with Gasteiger partial charge in [-0.15, -0.1) is 0 Å². The van der Waals surface area contributed by atoms with E-state index in [1.807, 2.05) is 22.6 Å². The van der Waals surface area contributed by atoms with Gasteiger partial charge in [0.25, 0.3) is 5.56 Å². The number of hydrogen-bond donors (Lipinski definition) is 3. The lowest BCUT2D eigenvalue weighted by Gasteiger charge is -2.05. The summed E-state index contributed by atoms with van der Waals surface area (Å²) in [4.78, 5) is 17.9. The molecule has 0 radical (unpaired) electrons. The minimum absolute atomic E-state index is 0.165. The highest BCUT2D eigenvalue weighted by molar-refractivity contribution is 14.1. The first-order valence-electron chi connectivity index (χ1n) is 4.83. The van der Waals surface area contributed by atoms with Gasteiger partial charge < -0.3 is 16.0 Å². The largest absolute Gasteiger partial charge is 0.384 e. The molecule has 0 saturated heterocycles. The van der Waals surface area contributed by atoms with Crippen LogP contribution in [0.15, 0.2) is 17.3 Å². The van der Waals surface area contributed by atoms with Gasteiger partial charge in [0, 0.05) is 19.2 Å². The zero-order valence-electron chi connectivity index (χ0n) is 9.07. The summed E-state index contributed by atoms with van der Waals surface area (Å²) >= 11 is 1.94. The summed E-state index contributed by atoms with van der Waals surface area (Å²) in [5.74, 6) is 1.13. The van der Waals surface area contributed by atoms with Crippen molar-refractivity contribution in [2.24, 2.45) is 7.05 Å². The number of H-pyrrole nitrogens is 1. The molecular weight excluding hydrogens is 335 g/mol. The van der Waals surface area contributed by atoms with Gasteiger partial charge in [-0.05, 0) is 22.6 Å². The molecule has 0 aliphatic heterocycles. The highest BCUT2D eigenvalue weighted by atomic mass is 127. The molecule has 0 amide bonds. The summed E-state index contributed by atoms with van der Waals surface area (Å²) in [6.45, 7) is 0.478. The molecule has 2 aromatic heterocycles. The Hall–Kier alpha value is -1.58. The number of aromatic nitrogens is 4. The lowest BCUT2D eigenvalue weighted by Crippen LogP contribution is -2.14. The highest BCUT2D eigenvalue weighted by Crippen LogP contribution is 2.13. The predicted molar refractivity (Wildman–Crippen MR) is 72.5 cm³/mol. The maximum Gasteiger partial charge on any atom is 0.266 e. The van der Waals surface area contributed by atoms with Gasteiger partial charge in [0.2, 0.25) is 0 Å². The Bertz CT molecular complexity index is 589. The van der Waals surface area contributed by atoms with Gasteiger partial charge in [-0.2, -0.15) is 5.10 Å². The number of halogens is 1. The molecule has 0 bridgehead atoms. The molecule has 2 aromatic rings. The quantitative estimate of drug-likeness (QED) is 0.694. The van der Waals surface area contributed by atoms with Crippen LogP contribution in [-0.4, -0.2) is 19.7 Å². The van der Waals surface area contributed by atoms with Crippen molar-refractivity contribution >= 4 is 34.2 Å². The van der Waals surface area contributed by atoms with Gasteiger partial charge in [-0.25, -0.2) is 4.98 Å². The maximum atomic E-state index is 11.3. The van der Waals surface area contributed by atoms with Gasteiger partial charge in [-0.1, -0.05) is 0 Å². The second-order valence-electron chi connectivity index (χ2n) is 3.43. The van der Waals surface area contributed by atoms with Gasteiger partial charge in [0.05, 0.1) is 12.5 Å². The molecule has 4 N–H and O–H groups in total. The number of nitrogen functional groups attached to an aromatic ring is 1. The van der Waals surface area contributed by atoms with Crippen LogP contribution in [0.3, 0.4) is 0 Å². The third-order valence-corrected chi connectivity index (χ3v) is 3.31. The molecule has 17 heavy (non-hydrogen) atoms. The summed E-state index contributed by atoms with van der Waals surface area (Å²) in [6, 6.07) is 0. The fourth-order valence-electron chi connectivity index (χ4n) is 1.31. The number of aromatic amines is 1. The Labute approximate surface area is 111 Å². The Morgan fingerprint density at radius 1 is 1.65 bits per heavy atom. The molecule has 0 aromatic carbocycles. The number of nitrogens with one attached hydrogen (secondary N) is 2. The Kier molecular flexibility index (Phi) is 3.31. The zero-order valence-corrected chi connectivity index (χ0v) is 11.2. The van der Waals surface area contributed by atoms with Crippen molar-refractivity contribution in [1.82, 2.24) is 19.7 Å². The minimum atomic E-state index is -0.165. The van der Waals surface area contributed by atoms with Crippen molar-refractivity contribution in [1.29, 1.82) is 0 Å². The van der Waals surface area contributed by atoms with Crippen LogP contribution in [-0.2, 0) is 13.6 Å². The lowest BCUT2D eigenvalue weighted by atomic mass is 10.3. The predicted octanol–water partition coefficient (Wildman–Crippen LogP) is 0.302. The number of aryl methyl sites for hydroxylation is 1. The molecule has 0 aliphatic carbocycles. The molecule has 8 heteroatoms. The molecule has 0 aliphatic rings. The van der Waals surface area contributed by atoms with E-state index in [1.165, 1.54) is 6.33 Å². The summed E-state index contributed by atoms with van der Waals surface area (Å²) in [6.07, 6.45) is 3.04. The molecule has 0 spiro atoms. The van der Waals surface area contributed by atoms with Crippen molar-refractivity contribution in [2.45, 2.75) is 6.54 Å². The van der Waals surface area contributed by atoms with Crippen LogP contribution >= 0.6 is 22.6 Å². The van der Waals surface area contributed by atoms with E-state index >= 15 is 0 Å². The van der Waals surface area contributed by atoms with E-state index in [0.29, 0.717) is 21.8 Å². The Morgan fingerprint density at radius 2 is 2.41 bits per heavy atom. The monoisotopic (exact) mass is 346 g/mol. The molecule has 0 saturated carbocycles. The average Bonchev–Trinajstić information content (AvgIpc) is 2.62. The first-order valence-corrected chi connectivity index (χ1v) is 5.91. The number of nitrogens with two attached hydrogens (primary N) is 1. The summed E-state index contributed by atoms with van der Waals surface area (Å²) in [7, 11) is 1.77. The van der Waals surface area contributed by atoms with Crippen LogP contribution in [0.1, 0.15) is 5.56 Å². The number of hydrogen-bond acceptors (Lipinski definition) is 5. The number of rotatable bonds is 3. The van der Waals surface area contributed by atoms with Crippen molar-refractivity contribution in [3.05, 3.63) is 32.0 Å². The first kappa shape index (κ1) is 11.9. The molecule has 0 unspecified atom stereocenters. The summed E-state index contributed by atoms with van der Waals surface area (Å²) in [5, 5.41) is 7.08. The highest BCUT2D eigenvalue weighted by Gasteiger charge is 2.07. The van der Waals surface area contributed by atoms with Crippen LogP contribution in [0.5, 0.6) is 0 Å². The Balaban J connectivity index is 2.15. The maximum absolute atomic E-state index is 11.3. The van der Waals surface area contributed by atoms with Crippen LogP contribution in [0.25, 0.3) is 0 Å². The lowest BCUT2D eigenvalue weighted by molar-refractivity contribution is 0.778. The van der Waals surface area contributed by atoms with E-state index in [1.54, 1.807) is 17.9 Å². The second kappa shape index (κ2) is 4.73. The second-order valence-corrected chi connectivity index (χ2v) is 4.51. The summed E-state index contributed by atoms with van der Waals surface area (Å²) < 4.78 is 2.11. The van der Waals surface area contributed by atoms with Crippen molar-refractivity contribution in [3.63, 3.8) is 0 Å². The van der Waals surface area contributed by atoms with E-state index < -0.39 is 0 Å². The molecule has 0 atom stereocenters. The first-order chi connectivity index (χ1) is 8.09. The fourth-order valence-corrected chi connectivity index (χ4v) is 1.80. The van der Waals surface area contributed by atoms with Gasteiger partial charge in [0.1, 0.15) is 15.2 Å². The number of anilines is 2. The minimum Gasteiger partial charge on any atom is -0.384 e. The average molecular weight is 346 g/mol. The van der Waals surface area contributed by atoms with E-state index in [0.717, 1.165) is 5.56 Å². The third kappa shape index (κ3) is 2.40. The van der Waals surface area contributed by atoms with Crippen molar-refractivity contribution < 1.29 is 0 Å². The van der Waals surface area contributed by atoms with E-state index in [-0.39, 0.29) is 5.56 Å². The summed E-state index contributed by atoms with van der Waals surface area (Å²) in [5.41, 5.74) is 6.51. The standard InChI is InChI=1S/C9H11IN6O/c1-16-7(11)5(3-15-16)2-12-8-6(10)9(17)14-4-13-8/h3-4H,2,11H2,1H3,(H2,12,13,14,17). The van der Waals surface area contributed by atoms with Gasteiger partial charge >= 0.3 is 0 Å². The van der Waals surface area contributed by atoms with Crippen molar-refractivity contribution in [2.75, 3.05) is 11.1 Å². The molecule has 2 heterocycles. The van der Waals surface area contributed by atoms with Crippen LogP contribution in [0, 0.1) is 3.57 Å². The van der Waals surface area contributed by atoms with Crippen LogP contribution in [0.4, 0.5) is 11.6 Å². The third-order valence-electron chi connectivity index (χ3n) is 2.31. The molecule has 90 valence electrons. The van der Waals surface area contributed by atoms with Crippen LogP contribution in [0.2, 0.25) is 0 Å². The van der Waals surface area contributed by atoms with Gasteiger partial charge in [0.15, 0.2) is 0 Å². The fraction of sp³-hybridized carbons (Fsp3) is 0.222. The van der Waals surface area contributed by atoms with E-state index in [4.69, 9.17) is 5.73 Å². The Morgan fingerprint density at radius 3 is 3.06 bits per heavy atom. The SMILES string of the molecule is Cn1ncc(CNc2nc[nH]c(=O)c2I)c1N. The zero-order chi connectivity index (χ0) is 12.4. The number of nitrogens with zero attached hydrogens (tertiary/aromatic N) is 3. The van der Waals surface area contributed by atoms with E-state index in [2.05, 4.69) is 20.4 Å². The van der Waals surface area contributed by atoms with Crippen LogP contribution < -0.4 is 16.6 Å². The van der Waals surface area contributed by atoms with Gasteiger partial charge in [-0.3, -0.25) is 9.48 Å². The normalized spacial score (nSPS) is 10.5. The smallest absolute Gasteiger partial charge is 0.266 e.